The topological polar surface area (TPSA) is 239 Å². The Morgan fingerprint density at radius 3 is 1.39 bits per heavy atom. The van der Waals surface area contributed by atoms with E-state index in [1.54, 1.807) is 66.7 Å². The van der Waals surface area contributed by atoms with E-state index in [1.807, 2.05) is 24.3 Å². The average molecular weight is 1100 g/mol. The molecule has 1 heterocycles. The molecule has 0 amide bonds. The molecule has 18 heteroatoms. The Balaban J connectivity index is 0.000000918. The normalized spacial score (nSPS) is 10.4. The van der Waals surface area contributed by atoms with Crippen molar-refractivity contribution < 1.29 is 66.7 Å². The van der Waals surface area contributed by atoms with Crippen LogP contribution in [0.1, 0.15) is 104 Å². The molecule has 80 heavy (non-hydrogen) atoms. The molecule has 17 nitrogen and oxygen atoms in total. The van der Waals surface area contributed by atoms with E-state index < -0.39 is 35.8 Å². The molecular weight excluding hydrogens is 1040 g/mol. The molecule has 0 bridgehead atoms. The number of benzene rings is 6. The van der Waals surface area contributed by atoms with Crippen LogP contribution in [0.3, 0.4) is 0 Å². The molecule has 0 saturated heterocycles. The van der Waals surface area contributed by atoms with E-state index >= 15 is 0 Å². The minimum atomic E-state index is -0.685. The summed E-state index contributed by atoms with van der Waals surface area (Å²) in [5, 5.41) is 8.54. The van der Waals surface area contributed by atoms with Crippen molar-refractivity contribution in [3.63, 3.8) is 0 Å². The number of anilines is 1. The molecule has 0 aliphatic heterocycles. The van der Waals surface area contributed by atoms with Gasteiger partial charge in [0.25, 0.3) is 0 Å². The number of para-hydroxylation sites is 1. The molecule has 1 aromatic heterocycles. The van der Waals surface area contributed by atoms with Crippen LogP contribution in [0.15, 0.2) is 165 Å². The van der Waals surface area contributed by atoms with Crippen LogP contribution >= 0.6 is 11.3 Å². The van der Waals surface area contributed by atoms with Crippen molar-refractivity contribution in [3.8, 4) is 28.7 Å². The molecular formula is C62H61N3O14S. The second-order valence-electron chi connectivity index (χ2n) is 17.5. The maximum absolute atomic E-state index is 13.0. The van der Waals surface area contributed by atoms with Gasteiger partial charge in [0.1, 0.15) is 28.7 Å². The molecule has 0 fully saturated rings. The number of ether oxygens (including phenoxy) is 8. The van der Waals surface area contributed by atoms with Crippen LogP contribution in [0, 0.1) is 5.41 Å². The zero-order valence-corrected chi connectivity index (χ0v) is 44.8. The van der Waals surface area contributed by atoms with Crippen LogP contribution in [-0.2, 0) is 30.2 Å². The van der Waals surface area contributed by atoms with E-state index in [-0.39, 0.29) is 35.0 Å². The lowest BCUT2D eigenvalue weighted by Crippen LogP contribution is -2.11. The highest BCUT2D eigenvalue weighted by Crippen LogP contribution is 2.25. The highest BCUT2D eigenvalue weighted by atomic mass is 32.1. The number of aromatic nitrogens is 1. The molecule has 0 radical (unpaired) electrons. The first-order chi connectivity index (χ1) is 38.9. The number of unbranched alkanes of at least 4 members (excludes halogenated alkanes) is 6. The molecule has 6 aromatic carbocycles. The number of fused-ring (bicyclic) bond motifs is 1. The Hall–Kier alpha value is -9.42. The monoisotopic (exact) mass is 1100 g/mol. The molecule has 7 aromatic rings. The largest absolute Gasteiger partial charge is 0.494 e. The van der Waals surface area contributed by atoms with Crippen molar-refractivity contribution in [1.82, 2.24) is 4.98 Å². The number of thiazole rings is 1. The molecule has 0 atom stereocenters. The third-order valence-electron chi connectivity index (χ3n) is 11.6. The molecule has 414 valence electrons. The van der Waals surface area contributed by atoms with E-state index in [4.69, 9.17) is 49.0 Å². The van der Waals surface area contributed by atoms with Gasteiger partial charge in [-0.25, -0.2) is 33.8 Å². The standard InChI is InChI=1S/C55H55NO14.C7H6N2S/c1-3-50(57)65-34-11-7-5-9-32-63-45-22-14-41(15-23-45)53(60)68-47-26-18-40(19-27-47)52(59)67-36-31-39-13-30-49(44(37-39)38-56)70-55(62)43-20-28-48(29-21-43)69-54(61)42-16-24-46(25-17-42)64-33-10-6-8-12-35-66-51(58)4-2;8-7-9-5-3-1-2-4-6(5)10-7/h3-4,13-30,37-38,56H,1-2,5-12,31-36H2;1-4H,(H2,8,9). The number of nitrogen functional groups attached to an aromatic ring is 1. The van der Waals surface area contributed by atoms with Gasteiger partial charge in [0.15, 0.2) is 5.13 Å². The summed E-state index contributed by atoms with van der Waals surface area (Å²) in [6, 6.07) is 37.8. The van der Waals surface area contributed by atoms with Crippen LogP contribution in [0.2, 0.25) is 0 Å². The minimum Gasteiger partial charge on any atom is -0.494 e. The fourth-order valence-corrected chi connectivity index (χ4v) is 8.07. The van der Waals surface area contributed by atoms with Crippen LogP contribution in [0.25, 0.3) is 10.2 Å². The first kappa shape index (κ1) is 59.8. The number of nitrogens with zero attached hydrogens (tertiary/aromatic N) is 1. The van der Waals surface area contributed by atoms with Gasteiger partial charge in [0, 0.05) is 30.4 Å². The number of nitrogens with one attached hydrogen (secondary N) is 1. The number of carbonyl (C=O) groups is 6. The van der Waals surface area contributed by atoms with Gasteiger partial charge >= 0.3 is 35.8 Å². The summed E-state index contributed by atoms with van der Waals surface area (Å²) in [5.41, 5.74) is 8.63. The van der Waals surface area contributed by atoms with Crippen LogP contribution in [0.4, 0.5) is 5.13 Å². The Kier molecular flexibility index (Phi) is 24.2. The van der Waals surface area contributed by atoms with E-state index in [2.05, 4.69) is 18.1 Å². The van der Waals surface area contributed by atoms with E-state index in [0.29, 0.717) is 66.2 Å². The Bertz CT molecular complexity index is 3160. The lowest BCUT2D eigenvalue weighted by molar-refractivity contribution is -0.138. The summed E-state index contributed by atoms with van der Waals surface area (Å²) in [4.78, 5) is 77.5. The summed E-state index contributed by atoms with van der Waals surface area (Å²) in [7, 11) is 0. The Morgan fingerprint density at radius 2 is 0.925 bits per heavy atom. The molecule has 0 saturated carbocycles. The van der Waals surface area contributed by atoms with Crippen molar-refractivity contribution in [2.24, 2.45) is 0 Å². The fraction of sp³-hybridized carbons (Fsp3) is 0.226. The van der Waals surface area contributed by atoms with Gasteiger partial charge in [-0.2, -0.15) is 0 Å². The zero-order chi connectivity index (χ0) is 56.9. The molecule has 0 spiro atoms. The summed E-state index contributed by atoms with van der Waals surface area (Å²) < 4.78 is 44.6. The van der Waals surface area contributed by atoms with E-state index in [9.17, 15) is 28.8 Å². The smallest absolute Gasteiger partial charge is 0.343 e. The zero-order valence-electron chi connectivity index (χ0n) is 44.0. The maximum atomic E-state index is 13.0. The first-order valence-electron chi connectivity index (χ1n) is 25.7. The second-order valence-corrected chi connectivity index (χ2v) is 18.5. The lowest BCUT2D eigenvalue weighted by Gasteiger charge is -2.11. The van der Waals surface area contributed by atoms with Gasteiger partial charge in [-0.1, -0.05) is 42.7 Å². The third-order valence-corrected chi connectivity index (χ3v) is 12.5. The summed E-state index contributed by atoms with van der Waals surface area (Å²) in [5.74, 6) is -1.43. The van der Waals surface area contributed by atoms with Gasteiger partial charge in [-0.05, 0) is 178 Å². The summed E-state index contributed by atoms with van der Waals surface area (Å²) >= 11 is 1.52. The highest BCUT2D eigenvalue weighted by molar-refractivity contribution is 7.22. The molecule has 0 aliphatic rings. The second kappa shape index (κ2) is 32.3. The summed E-state index contributed by atoms with van der Waals surface area (Å²) in [6.07, 6.45) is 10.5. The predicted molar refractivity (Wildman–Crippen MR) is 303 cm³/mol. The fourth-order valence-electron chi connectivity index (χ4n) is 7.34. The van der Waals surface area contributed by atoms with Gasteiger partial charge in [0.05, 0.1) is 65.5 Å². The number of esters is 6. The van der Waals surface area contributed by atoms with Crippen LogP contribution < -0.4 is 29.4 Å². The minimum absolute atomic E-state index is 0.0266. The van der Waals surface area contributed by atoms with Crippen LogP contribution in [0.5, 0.6) is 28.7 Å². The number of rotatable bonds is 29. The van der Waals surface area contributed by atoms with Crippen molar-refractivity contribution in [1.29, 1.82) is 5.41 Å². The molecule has 0 aliphatic carbocycles. The summed E-state index contributed by atoms with van der Waals surface area (Å²) in [6.45, 7) is 8.49. The number of hydrogen-bond donors (Lipinski definition) is 2. The van der Waals surface area contributed by atoms with Crippen molar-refractivity contribution in [2.75, 3.05) is 38.8 Å². The SMILES string of the molecule is C=CC(=O)OCCCCCCOc1ccc(C(=O)Oc2ccc(C(=O)OCCc3ccc(OC(=O)c4ccc(OC(=O)c5ccc(OCCCCCCOC(=O)C=C)cc5)cc4)c(C=N)c3)cc2)cc1.Nc1nc2ccccc2s1. The quantitative estimate of drug-likeness (QED) is 0.0111. The highest BCUT2D eigenvalue weighted by Gasteiger charge is 2.16. The van der Waals surface area contributed by atoms with E-state index in [1.165, 1.54) is 59.9 Å². The molecule has 0 unspecified atom stereocenters. The number of nitrogens with two attached hydrogens (primary N) is 1. The van der Waals surface area contributed by atoms with E-state index in [0.717, 1.165) is 85.5 Å². The molecule has 7 rings (SSSR count). The van der Waals surface area contributed by atoms with Gasteiger partial charge in [-0.3, -0.25) is 0 Å². The predicted octanol–water partition coefficient (Wildman–Crippen LogP) is 12.0. The third kappa shape index (κ3) is 20.2. The van der Waals surface area contributed by atoms with Crippen molar-refractivity contribution in [3.05, 3.63) is 198 Å². The van der Waals surface area contributed by atoms with Gasteiger partial charge < -0.3 is 49.0 Å². The van der Waals surface area contributed by atoms with Gasteiger partial charge in [-0.15, -0.1) is 0 Å². The van der Waals surface area contributed by atoms with Crippen molar-refractivity contribution >= 4 is 68.7 Å². The number of carbonyl (C=O) groups excluding carboxylic acids is 6. The number of hydrogen-bond acceptors (Lipinski definition) is 18. The van der Waals surface area contributed by atoms with Crippen LogP contribution in [-0.4, -0.2) is 80.0 Å². The lowest BCUT2D eigenvalue weighted by atomic mass is 10.1. The Morgan fingerprint density at radius 1 is 0.487 bits per heavy atom. The maximum Gasteiger partial charge on any atom is 0.343 e. The van der Waals surface area contributed by atoms with Crippen molar-refractivity contribution in [2.45, 2.75) is 57.8 Å². The Labute approximate surface area is 467 Å². The average Bonchev–Trinajstić information content (AvgIpc) is 3.87. The molecule has 3 N–H and O–H groups in total. The van der Waals surface area contributed by atoms with Gasteiger partial charge in [0.2, 0.25) is 0 Å². The first-order valence-corrected chi connectivity index (χ1v) is 26.5.